The zero-order chi connectivity index (χ0) is 16.0. The minimum absolute atomic E-state index is 0.327. The van der Waals surface area contributed by atoms with Crippen LogP contribution in [0.4, 0.5) is 23.7 Å². The lowest BCUT2D eigenvalue weighted by Gasteiger charge is -2.11. The Labute approximate surface area is 126 Å². The van der Waals surface area contributed by atoms with E-state index in [2.05, 4.69) is 20.7 Å². The van der Waals surface area contributed by atoms with E-state index in [4.69, 9.17) is 0 Å². The molecular weight excluding hydrogens is 299 g/mol. The summed E-state index contributed by atoms with van der Waals surface area (Å²) in [7, 11) is 0. The van der Waals surface area contributed by atoms with Gasteiger partial charge >= 0.3 is 12.4 Å². The Hall–Kier alpha value is -1.96. The Bertz CT molecular complexity index is 485. The molecule has 1 heterocycles. The molecule has 5 nitrogen and oxygen atoms in total. The van der Waals surface area contributed by atoms with Gasteiger partial charge in [-0.05, 0) is 56.1 Å². The summed E-state index contributed by atoms with van der Waals surface area (Å²) in [5.41, 5.74) is 0.398. The first-order chi connectivity index (χ1) is 10.4. The largest absolute Gasteiger partial charge is 0.573 e. The first-order valence-electron chi connectivity index (χ1n) is 7.04. The topological polar surface area (TPSA) is 62.4 Å². The number of carbonyl (C=O) groups is 1. The van der Waals surface area contributed by atoms with E-state index in [0.29, 0.717) is 18.2 Å². The monoisotopic (exact) mass is 317 g/mol. The minimum atomic E-state index is -4.72. The smallest absolute Gasteiger partial charge is 0.406 e. The first kappa shape index (κ1) is 16.4. The van der Waals surface area contributed by atoms with E-state index in [1.54, 1.807) is 0 Å². The second-order valence-electron chi connectivity index (χ2n) is 5.10. The van der Waals surface area contributed by atoms with Crippen molar-refractivity contribution < 1.29 is 22.7 Å². The van der Waals surface area contributed by atoms with Gasteiger partial charge in [-0.25, -0.2) is 4.79 Å². The molecule has 0 bridgehead atoms. The predicted molar refractivity (Wildman–Crippen MR) is 75.7 cm³/mol. The van der Waals surface area contributed by atoms with Crippen molar-refractivity contribution in [3.05, 3.63) is 24.3 Å². The Kier molecular flexibility index (Phi) is 5.48. The zero-order valence-electron chi connectivity index (χ0n) is 11.9. The highest BCUT2D eigenvalue weighted by Gasteiger charge is 2.30. The third-order valence-electron chi connectivity index (χ3n) is 3.35. The van der Waals surface area contributed by atoms with Crippen LogP contribution in [0.5, 0.6) is 5.75 Å². The molecule has 1 saturated heterocycles. The van der Waals surface area contributed by atoms with Gasteiger partial charge in [0.2, 0.25) is 0 Å². The fourth-order valence-electron chi connectivity index (χ4n) is 2.27. The van der Waals surface area contributed by atoms with E-state index < -0.39 is 6.36 Å². The van der Waals surface area contributed by atoms with Crippen LogP contribution in [0.15, 0.2) is 24.3 Å². The van der Waals surface area contributed by atoms with Gasteiger partial charge in [-0.1, -0.05) is 0 Å². The highest BCUT2D eigenvalue weighted by Crippen LogP contribution is 2.23. The van der Waals surface area contributed by atoms with Gasteiger partial charge in [0.1, 0.15) is 5.75 Å². The molecule has 0 spiro atoms. The maximum absolute atomic E-state index is 12.0. The van der Waals surface area contributed by atoms with E-state index >= 15 is 0 Å². The molecule has 0 saturated carbocycles. The number of urea groups is 1. The standard InChI is InChI=1S/C14H18F3N3O2/c15-14(16,17)22-12-3-1-11(2-4-12)20-13(21)19-8-6-10-5-7-18-9-10/h1-4,10,18H,5-9H2,(H2,19,20,21). The summed E-state index contributed by atoms with van der Waals surface area (Å²) in [6.45, 7) is 2.56. The van der Waals surface area contributed by atoms with Crippen molar-refractivity contribution in [2.45, 2.75) is 19.2 Å². The summed E-state index contributed by atoms with van der Waals surface area (Å²) in [6.07, 6.45) is -2.70. The van der Waals surface area contributed by atoms with Crippen LogP contribution >= 0.6 is 0 Å². The van der Waals surface area contributed by atoms with Crippen molar-refractivity contribution in [3.8, 4) is 5.75 Å². The Morgan fingerprint density at radius 3 is 2.64 bits per heavy atom. The van der Waals surface area contributed by atoms with Crippen LogP contribution in [0.25, 0.3) is 0 Å². The van der Waals surface area contributed by atoms with Crippen molar-refractivity contribution in [1.82, 2.24) is 10.6 Å². The molecule has 1 unspecified atom stereocenters. The van der Waals surface area contributed by atoms with Crippen LogP contribution in [-0.4, -0.2) is 32.0 Å². The SMILES string of the molecule is O=C(NCCC1CCNC1)Nc1ccc(OC(F)(F)F)cc1. The first-order valence-corrected chi connectivity index (χ1v) is 7.04. The maximum Gasteiger partial charge on any atom is 0.573 e. The van der Waals surface area contributed by atoms with Crippen molar-refractivity contribution in [1.29, 1.82) is 0 Å². The van der Waals surface area contributed by atoms with E-state index in [-0.39, 0.29) is 11.8 Å². The summed E-state index contributed by atoms with van der Waals surface area (Å²) in [5.74, 6) is 0.256. The maximum atomic E-state index is 12.0. The van der Waals surface area contributed by atoms with Crippen LogP contribution in [0, 0.1) is 5.92 Å². The molecule has 8 heteroatoms. The highest BCUT2D eigenvalue weighted by molar-refractivity contribution is 5.89. The van der Waals surface area contributed by atoms with E-state index in [9.17, 15) is 18.0 Å². The summed E-state index contributed by atoms with van der Waals surface area (Å²) in [4.78, 5) is 11.7. The lowest BCUT2D eigenvalue weighted by Crippen LogP contribution is -2.30. The molecule has 1 aromatic rings. The molecule has 3 N–H and O–H groups in total. The fourth-order valence-corrected chi connectivity index (χ4v) is 2.27. The van der Waals surface area contributed by atoms with Crippen LogP contribution < -0.4 is 20.7 Å². The van der Waals surface area contributed by atoms with Gasteiger partial charge < -0.3 is 20.7 Å². The Morgan fingerprint density at radius 1 is 1.32 bits per heavy atom. The second kappa shape index (κ2) is 7.35. The predicted octanol–water partition coefficient (Wildman–Crippen LogP) is 2.71. The molecule has 1 aliphatic heterocycles. The van der Waals surface area contributed by atoms with Gasteiger partial charge in [0, 0.05) is 12.2 Å². The number of anilines is 1. The average Bonchev–Trinajstić information content (AvgIpc) is 2.92. The van der Waals surface area contributed by atoms with Crippen molar-refractivity contribution >= 4 is 11.7 Å². The number of amides is 2. The molecule has 0 aromatic heterocycles. The summed E-state index contributed by atoms with van der Waals surface area (Å²) >= 11 is 0. The molecule has 2 amide bonds. The van der Waals surface area contributed by atoms with Crippen LogP contribution in [0.1, 0.15) is 12.8 Å². The molecular formula is C14H18F3N3O2. The summed E-state index contributed by atoms with van der Waals surface area (Å²) < 4.78 is 39.8. The van der Waals surface area contributed by atoms with Gasteiger partial charge in [-0.3, -0.25) is 0 Å². The van der Waals surface area contributed by atoms with Crippen molar-refractivity contribution in [3.63, 3.8) is 0 Å². The molecule has 0 aliphatic carbocycles. The Morgan fingerprint density at radius 2 is 2.05 bits per heavy atom. The molecule has 0 radical (unpaired) electrons. The molecule has 1 atom stereocenters. The normalized spacial score (nSPS) is 18.0. The minimum Gasteiger partial charge on any atom is -0.406 e. The summed E-state index contributed by atoms with van der Waals surface area (Å²) in [6, 6.07) is 4.61. The zero-order valence-corrected chi connectivity index (χ0v) is 11.9. The number of ether oxygens (including phenoxy) is 1. The highest BCUT2D eigenvalue weighted by atomic mass is 19.4. The number of carbonyl (C=O) groups excluding carboxylic acids is 1. The van der Waals surface area contributed by atoms with Crippen molar-refractivity contribution in [2.75, 3.05) is 25.0 Å². The van der Waals surface area contributed by atoms with Crippen molar-refractivity contribution in [2.24, 2.45) is 5.92 Å². The number of rotatable bonds is 5. The number of nitrogens with one attached hydrogen (secondary N) is 3. The lowest BCUT2D eigenvalue weighted by molar-refractivity contribution is -0.274. The molecule has 2 rings (SSSR count). The number of hydrogen-bond acceptors (Lipinski definition) is 3. The number of hydrogen-bond donors (Lipinski definition) is 3. The van der Waals surface area contributed by atoms with Crippen LogP contribution in [0.2, 0.25) is 0 Å². The number of halogens is 3. The fraction of sp³-hybridized carbons (Fsp3) is 0.500. The third kappa shape index (κ3) is 5.80. The second-order valence-corrected chi connectivity index (χ2v) is 5.10. The van der Waals surface area contributed by atoms with E-state index in [1.807, 2.05) is 0 Å². The Balaban J connectivity index is 1.71. The van der Waals surface area contributed by atoms with Gasteiger partial charge in [0.05, 0.1) is 0 Å². The average molecular weight is 317 g/mol. The van der Waals surface area contributed by atoms with Crippen LogP contribution in [-0.2, 0) is 0 Å². The number of alkyl halides is 3. The number of benzene rings is 1. The van der Waals surface area contributed by atoms with E-state index in [0.717, 1.165) is 38.1 Å². The van der Waals surface area contributed by atoms with Gasteiger partial charge in [-0.15, -0.1) is 13.2 Å². The summed E-state index contributed by atoms with van der Waals surface area (Å²) in [5, 5.41) is 8.53. The van der Waals surface area contributed by atoms with Gasteiger partial charge in [-0.2, -0.15) is 0 Å². The molecule has 122 valence electrons. The van der Waals surface area contributed by atoms with E-state index in [1.165, 1.54) is 12.1 Å². The molecule has 1 aliphatic rings. The van der Waals surface area contributed by atoms with Gasteiger partial charge in [0.15, 0.2) is 0 Å². The molecule has 22 heavy (non-hydrogen) atoms. The third-order valence-corrected chi connectivity index (χ3v) is 3.35. The molecule has 1 fully saturated rings. The van der Waals surface area contributed by atoms with Gasteiger partial charge in [0.25, 0.3) is 0 Å². The quantitative estimate of drug-likeness (QED) is 0.782. The van der Waals surface area contributed by atoms with Crippen LogP contribution in [0.3, 0.4) is 0 Å². The lowest BCUT2D eigenvalue weighted by atomic mass is 10.1. The molecule has 1 aromatic carbocycles.